The molecule has 0 spiro atoms. The van der Waals surface area contributed by atoms with Gasteiger partial charge in [0.05, 0.1) is 12.8 Å². The summed E-state index contributed by atoms with van der Waals surface area (Å²) >= 11 is 0. The Balaban J connectivity index is 2.26. The lowest BCUT2D eigenvalue weighted by Gasteiger charge is -2.15. The molecule has 1 amide bonds. The van der Waals surface area contributed by atoms with Crippen LogP contribution in [0.3, 0.4) is 0 Å². The minimum absolute atomic E-state index is 0.373. The number of amides is 1. The molecule has 7 nitrogen and oxygen atoms in total. The summed E-state index contributed by atoms with van der Waals surface area (Å²) < 4.78 is 4.95. The van der Waals surface area contributed by atoms with Crippen LogP contribution < -0.4 is 15.2 Å². The maximum Gasteiger partial charge on any atom is 0.330 e. The number of hydrogen-bond donors (Lipinski definition) is 2. The molecule has 1 atom stereocenters. The van der Waals surface area contributed by atoms with Crippen LogP contribution in [0.1, 0.15) is 0 Å². The summed E-state index contributed by atoms with van der Waals surface area (Å²) in [6.07, 6.45) is 0. The van der Waals surface area contributed by atoms with Crippen LogP contribution in [0.25, 0.3) is 0 Å². The van der Waals surface area contributed by atoms with Gasteiger partial charge in [-0.1, -0.05) is 0 Å². The van der Waals surface area contributed by atoms with E-state index < -0.39 is 23.7 Å². The van der Waals surface area contributed by atoms with E-state index in [1.54, 1.807) is 24.3 Å². The molecule has 1 aliphatic heterocycles. The lowest BCUT2D eigenvalue weighted by atomic mass is 10.2. The highest BCUT2D eigenvalue weighted by atomic mass is 16.5. The third-order valence-electron chi connectivity index (χ3n) is 2.51. The van der Waals surface area contributed by atoms with Gasteiger partial charge in [-0.25, -0.2) is 15.2 Å². The summed E-state index contributed by atoms with van der Waals surface area (Å²) in [4.78, 5) is 33.7. The van der Waals surface area contributed by atoms with E-state index >= 15 is 0 Å². The normalized spacial score (nSPS) is 19.2. The maximum atomic E-state index is 11.6. The van der Waals surface area contributed by atoms with Crippen molar-refractivity contribution in [3.63, 3.8) is 0 Å². The lowest BCUT2D eigenvalue weighted by molar-refractivity contribution is -0.144. The SMILES string of the molecule is COc1ccc(N2NC(C(=O)O)C(=O)C2=O)cc1. The fourth-order valence-electron chi connectivity index (χ4n) is 1.57. The molecule has 1 heterocycles. The standard InChI is InChI=1S/C11H10N2O5/c1-18-7-4-2-6(3-5-7)13-10(15)9(14)8(12-13)11(16)17/h2-5,8,12H,1H3,(H,16,17). The number of anilines is 1. The monoisotopic (exact) mass is 250 g/mol. The summed E-state index contributed by atoms with van der Waals surface area (Å²) in [6, 6.07) is 4.76. The molecule has 1 unspecified atom stereocenters. The van der Waals surface area contributed by atoms with E-state index in [-0.39, 0.29) is 0 Å². The van der Waals surface area contributed by atoms with E-state index in [2.05, 4.69) is 5.43 Å². The number of carbonyl (C=O) groups excluding carboxylic acids is 2. The van der Waals surface area contributed by atoms with Gasteiger partial charge in [-0.05, 0) is 24.3 Å². The van der Waals surface area contributed by atoms with Crippen LogP contribution in [-0.2, 0) is 14.4 Å². The van der Waals surface area contributed by atoms with Crippen molar-refractivity contribution in [2.24, 2.45) is 0 Å². The van der Waals surface area contributed by atoms with Crippen molar-refractivity contribution in [1.29, 1.82) is 0 Å². The van der Waals surface area contributed by atoms with Crippen molar-refractivity contribution >= 4 is 23.3 Å². The molecular formula is C11H10N2O5. The first-order valence-corrected chi connectivity index (χ1v) is 5.06. The zero-order chi connectivity index (χ0) is 13.3. The predicted octanol–water partition coefficient (Wildman–Crippen LogP) is -0.431. The molecule has 0 aromatic heterocycles. The number of Topliss-reactive ketones (excluding diaryl/α,β-unsaturated/α-hetero) is 1. The van der Waals surface area contributed by atoms with Gasteiger partial charge in [-0.2, -0.15) is 0 Å². The summed E-state index contributed by atoms with van der Waals surface area (Å²) in [5.74, 6) is -2.68. The fourth-order valence-corrected chi connectivity index (χ4v) is 1.57. The molecule has 1 aromatic rings. The number of nitrogens with zero attached hydrogens (tertiary/aromatic N) is 1. The van der Waals surface area contributed by atoms with Gasteiger partial charge in [0, 0.05) is 0 Å². The van der Waals surface area contributed by atoms with Crippen LogP contribution in [0.5, 0.6) is 5.75 Å². The number of benzene rings is 1. The number of aliphatic carboxylic acids is 1. The van der Waals surface area contributed by atoms with Gasteiger partial charge in [-0.15, -0.1) is 0 Å². The summed E-state index contributed by atoms with van der Waals surface area (Å²) in [5, 5.41) is 9.68. The molecule has 2 N–H and O–H groups in total. The second kappa shape index (κ2) is 4.46. The largest absolute Gasteiger partial charge is 0.497 e. The van der Waals surface area contributed by atoms with Gasteiger partial charge < -0.3 is 9.84 Å². The first kappa shape index (κ1) is 12.1. The zero-order valence-corrected chi connectivity index (χ0v) is 9.41. The number of hydrazine groups is 1. The molecule has 2 rings (SSSR count). The number of rotatable bonds is 3. The van der Waals surface area contributed by atoms with Crippen molar-refractivity contribution in [2.45, 2.75) is 6.04 Å². The third-order valence-corrected chi connectivity index (χ3v) is 2.51. The van der Waals surface area contributed by atoms with E-state index in [4.69, 9.17) is 9.84 Å². The topological polar surface area (TPSA) is 95.9 Å². The molecular weight excluding hydrogens is 240 g/mol. The quantitative estimate of drug-likeness (QED) is 0.558. The Labute approximate surface area is 102 Å². The van der Waals surface area contributed by atoms with Crippen LogP contribution in [-0.4, -0.2) is 35.9 Å². The van der Waals surface area contributed by atoms with E-state index in [1.807, 2.05) is 0 Å². The Hall–Kier alpha value is -2.41. The molecule has 0 aliphatic carbocycles. The number of methoxy groups -OCH3 is 1. The summed E-state index contributed by atoms with van der Waals surface area (Å²) in [6.45, 7) is 0. The highest BCUT2D eigenvalue weighted by molar-refractivity contribution is 6.48. The maximum absolute atomic E-state index is 11.6. The van der Waals surface area contributed by atoms with E-state index in [0.29, 0.717) is 11.4 Å². The Morgan fingerprint density at radius 1 is 1.33 bits per heavy atom. The van der Waals surface area contributed by atoms with Crippen molar-refractivity contribution in [2.75, 3.05) is 12.1 Å². The van der Waals surface area contributed by atoms with Gasteiger partial charge in [0.25, 0.3) is 5.78 Å². The smallest absolute Gasteiger partial charge is 0.330 e. The number of carboxylic acids is 1. The number of nitrogens with one attached hydrogen (secondary N) is 1. The molecule has 1 saturated heterocycles. The molecule has 0 bridgehead atoms. The Morgan fingerprint density at radius 3 is 2.39 bits per heavy atom. The zero-order valence-electron chi connectivity index (χ0n) is 9.41. The first-order chi connectivity index (χ1) is 8.54. The number of ether oxygens (including phenoxy) is 1. The molecule has 94 valence electrons. The van der Waals surface area contributed by atoms with Crippen molar-refractivity contribution in [1.82, 2.24) is 5.43 Å². The van der Waals surface area contributed by atoms with Gasteiger partial charge in [-0.3, -0.25) is 9.59 Å². The summed E-state index contributed by atoms with van der Waals surface area (Å²) in [5.41, 5.74) is 2.71. The first-order valence-electron chi connectivity index (χ1n) is 5.06. The lowest BCUT2D eigenvalue weighted by Crippen LogP contribution is -2.41. The molecule has 0 saturated carbocycles. The van der Waals surface area contributed by atoms with Crippen molar-refractivity contribution in [3.8, 4) is 5.75 Å². The second-order valence-electron chi connectivity index (χ2n) is 3.60. The van der Waals surface area contributed by atoms with Crippen molar-refractivity contribution < 1.29 is 24.2 Å². The van der Waals surface area contributed by atoms with Crippen LogP contribution in [0, 0.1) is 0 Å². The van der Waals surface area contributed by atoms with Crippen LogP contribution >= 0.6 is 0 Å². The van der Waals surface area contributed by atoms with Gasteiger partial charge in [0.15, 0.2) is 6.04 Å². The number of hydrogen-bond acceptors (Lipinski definition) is 5. The molecule has 1 aliphatic rings. The molecule has 18 heavy (non-hydrogen) atoms. The highest BCUT2D eigenvalue weighted by Gasteiger charge is 2.43. The Morgan fingerprint density at radius 2 is 1.94 bits per heavy atom. The molecule has 1 aromatic carbocycles. The van der Waals surface area contributed by atoms with Crippen LogP contribution in [0.4, 0.5) is 5.69 Å². The second-order valence-corrected chi connectivity index (χ2v) is 3.60. The molecule has 1 fully saturated rings. The minimum Gasteiger partial charge on any atom is -0.497 e. The van der Waals surface area contributed by atoms with Crippen LogP contribution in [0.2, 0.25) is 0 Å². The number of carboxylic acid groups (broad SMARTS) is 1. The molecule has 7 heteroatoms. The average Bonchev–Trinajstić information content (AvgIpc) is 2.67. The number of carbonyl (C=O) groups is 3. The van der Waals surface area contributed by atoms with Gasteiger partial charge in [0.1, 0.15) is 5.75 Å². The van der Waals surface area contributed by atoms with Gasteiger partial charge >= 0.3 is 11.9 Å². The van der Waals surface area contributed by atoms with E-state index in [1.165, 1.54) is 7.11 Å². The fraction of sp³-hybridized carbons (Fsp3) is 0.182. The minimum atomic E-state index is -1.53. The Kier molecular flexibility index (Phi) is 2.99. The van der Waals surface area contributed by atoms with E-state index in [0.717, 1.165) is 5.01 Å². The number of ketones is 1. The molecule has 0 radical (unpaired) electrons. The highest BCUT2D eigenvalue weighted by Crippen LogP contribution is 2.21. The van der Waals surface area contributed by atoms with E-state index in [9.17, 15) is 14.4 Å². The van der Waals surface area contributed by atoms with Crippen molar-refractivity contribution in [3.05, 3.63) is 24.3 Å². The Bertz CT molecular complexity index is 511. The van der Waals surface area contributed by atoms with Gasteiger partial charge in [0.2, 0.25) is 0 Å². The average molecular weight is 250 g/mol. The third kappa shape index (κ3) is 1.91. The van der Waals surface area contributed by atoms with Crippen LogP contribution in [0.15, 0.2) is 24.3 Å². The summed E-state index contributed by atoms with van der Waals surface area (Å²) in [7, 11) is 1.50. The predicted molar refractivity (Wildman–Crippen MR) is 60.0 cm³/mol.